The number of aromatic amines is 1. The molecule has 8 heteroatoms. The summed E-state index contributed by atoms with van der Waals surface area (Å²) in [7, 11) is -2.22. The molecule has 2 rings (SSSR count). The average Bonchev–Trinajstić information content (AvgIpc) is 2.40. The fourth-order valence-electron chi connectivity index (χ4n) is 0.646. The van der Waals surface area contributed by atoms with Gasteiger partial charge in [0.2, 0.25) is 19.2 Å². The van der Waals surface area contributed by atoms with E-state index in [0.29, 0.717) is 4.96 Å². The molecule has 0 saturated carbocycles. The zero-order valence-corrected chi connectivity index (χ0v) is 6.68. The third kappa shape index (κ3) is 0.955. The maximum Gasteiger partial charge on any atom is 0.250 e. The lowest BCUT2D eigenvalue weighted by Crippen LogP contribution is -1.78. The highest BCUT2D eigenvalue weighted by Gasteiger charge is 1.97. The lowest BCUT2D eigenvalue weighted by atomic mass is 11.3. The van der Waals surface area contributed by atoms with Gasteiger partial charge in [-0.2, -0.15) is 8.42 Å². The number of aromatic nitrogens is 4. The summed E-state index contributed by atoms with van der Waals surface area (Å²) in [6.07, 6.45) is 1.40. The van der Waals surface area contributed by atoms with Crippen LogP contribution in [0.4, 0.5) is 0 Å². The first kappa shape index (κ1) is 6.55. The minimum absolute atomic E-state index is 0.148. The Morgan fingerprint density at radius 3 is 3.09 bits per heavy atom. The highest BCUT2D eigenvalue weighted by molar-refractivity contribution is 7.66. The topological polar surface area (TPSA) is 80.1 Å². The minimum Gasteiger partial charge on any atom is -0.268 e. The van der Waals surface area contributed by atoms with Crippen molar-refractivity contribution >= 4 is 26.6 Å². The predicted molar refractivity (Wildman–Crippen MR) is 37.4 cm³/mol. The summed E-state index contributed by atoms with van der Waals surface area (Å²) < 4.78 is 22.4. The Hall–Kier alpha value is -1.15. The molecule has 0 aromatic carbocycles. The molecule has 1 N–H and O–H groups in total. The van der Waals surface area contributed by atoms with Crippen LogP contribution >= 0.6 is 11.3 Å². The highest BCUT2D eigenvalue weighted by Crippen LogP contribution is 2.04. The van der Waals surface area contributed by atoms with Crippen molar-refractivity contribution in [2.45, 2.75) is 0 Å². The van der Waals surface area contributed by atoms with Crippen molar-refractivity contribution in [2.75, 3.05) is 0 Å². The molecule has 0 spiro atoms. The van der Waals surface area contributed by atoms with E-state index in [1.807, 2.05) is 0 Å². The predicted octanol–water partition coefficient (Wildman–Crippen LogP) is -0.470. The van der Waals surface area contributed by atoms with Crippen molar-refractivity contribution in [3.05, 3.63) is 10.3 Å². The summed E-state index contributed by atoms with van der Waals surface area (Å²) >= 11 is 1.03. The summed E-state index contributed by atoms with van der Waals surface area (Å²) in [6.45, 7) is 0. The highest BCUT2D eigenvalue weighted by atomic mass is 32.2. The molecule has 0 radical (unpaired) electrons. The molecule has 0 aliphatic rings. The van der Waals surface area contributed by atoms with Gasteiger partial charge in [0.25, 0.3) is 0 Å². The van der Waals surface area contributed by atoms with Crippen molar-refractivity contribution in [3.63, 3.8) is 0 Å². The molecule has 2 aromatic heterocycles. The number of hydrogen-bond donors (Lipinski definition) is 1. The number of nitrogens with zero attached hydrogens (tertiary/aromatic N) is 3. The van der Waals surface area contributed by atoms with E-state index in [1.54, 1.807) is 0 Å². The first-order chi connectivity index (χ1) is 5.27. The van der Waals surface area contributed by atoms with E-state index in [4.69, 9.17) is 0 Å². The van der Waals surface area contributed by atoms with Crippen LogP contribution in [0, 0.1) is 3.95 Å². The van der Waals surface area contributed by atoms with Gasteiger partial charge in [-0.25, -0.2) is 4.52 Å². The van der Waals surface area contributed by atoms with Crippen molar-refractivity contribution in [3.8, 4) is 0 Å². The second-order valence-corrected chi connectivity index (χ2v) is 3.83. The van der Waals surface area contributed by atoms with E-state index in [-0.39, 0.29) is 3.95 Å². The molecule has 0 unspecified atom stereocenters. The third-order valence-electron chi connectivity index (χ3n) is 1.06. The molecular formula is C3H2N4O2S2. The molecule has 58 valence electrons. The van der Waals surface area contributed by atoms with Gasteiger partial charge in [0.05, 0.1) is 0 Å². The second kappa shape index (κ2) is 2.17. The summed E-state index contributed by atoms with van der Waals surface area (Å²) in [4.78, 5) is 0.532. The third-order valence-corrected chi connectivity index (χ3v) is 2.85. The van der Waals surface area contributed by atoms with E-state index in [9.17, 15) is 8.42 Å². The Balaban J connectivity index is 3.11. The van der Waals surface area contributed by atoms with Gasteiger partial charge in [-0.3, -0.25) is 5.10 Å². The standard InChI is InChI=1S/C3H2N4O2S2/c8-11(9)3-6-7-1-4-5-2(7)10-3/h1,6H. The van der Waals surface area contributed by atoms with E-state index in [2.05, 4.69) is 15.3 Å². The summed E-state index contributed by atoms with van der Waals surface area (Å²) in [5.74, 6) is 0. The lowest BCUT2D eigenvalue weighted by Gasteiger charge is -1.70. The molecule has 0 atom stereocenters. The van der Waals surface area contributed by atoms with Crippen LogP contribution in [-0.2, 0) is 10.3 Å². The van der Waals surface area contributed by atoms with E-state index in [0.717, 1.165) is 11.3 Å². The van der Waals surface area contributed by atoms with Crippen molar-refractivity contribution in [1.29, 1.82) is 0 Å². The van der Waals surface area contributed by atoms with Gasteiger partial charge >= 0.3 is 0 Å². The van der Waals surface area contributed by atoms with Gasteiger partial charge < -0.3 is 0 Å². The van der Waals surface area contributed by atoms with Crippen molar-refractivity contribution in [1.82, 2.24) is 19.8 Å². The van der Waals surface area contributed by atoms with Crippen molar-refractivity contribution < 1.29 is 8.42 Å². The zero-order valence-electron chi connectivity index (χ0n) is 5.05. The molecule has 11 heavy (non-hydrogen) atoms. The van der Waals surface area contributed by atoms with Gasteiger partial charge in [-0.1, -0.05) is 11.3 Å². The van der Waals surface area contributed by atoms with Gasteiger partial charge in [0.15, 0.2) is 0 Å². The van der Waals surface area contributed by atoms with Crippen LogP contribution in [0.3, 0.4) is 0 Å². The van der Waals surface area contributed by atoms with Gasteiger partial charge in [-0.05, 0) is 0 Å². The van der Waals surface area contributed by atoms with Crippen LogP contribution in [0.25, 0.3) is 4.96 Å². The Kier molecular flexibility index (Phi) is 1.29. The summed E-state index contributed by atoms with van der Waals surface area (Å²) in [6, 6.07) is 0. The van der Waals surface area contributed by atoms with Crippen LogP contribution in [0.2, 0.25) is 0 Å². The fraction of sp³-hybridized carbons (Fsp3) is 0. The molecule has 2 aromatic rings. The van der Waals surface area contributed by atoms with Crippen molar-refractivity contribution in [2.24, 2.45) is 0 Å². The molecule has 0 aliphatic heterocycles. The summed E-state index contributed by atoms with van der Waals surface area (Å²) in [5.41, 5.74) is 0. The number of rotatable bonds is 0. The number of hydrogen-bond acceptors (Lipinski definition) is 5. The first-order valence-electron chi connectivity index (χ1n) is 2.58. The molecular weight excluding hydrogens is 188 g/mol. The Bertz CT molecular complexity index is 503. The maximum atomic E-state index is 10.4. The van der Waals surface area contributed by atoms with Crippen LogP contribution in [-0.4, -0.2) is 28.2 Å². The fourth-order valence-corrected chi connectivity index (χ4v) is 1.90. The second-order valence-electron chi connectivity index (χ2n) is 1.72. The molecule has 0 fully saturated rings. The molecule has 0 amide bonds. The normalized spacial score (nSPS) is 10.5. The van der Waals surface area contributed by atoms with Gasteiger partial charge in [-0.15, -0.1) is 10.2 Å². The maximum absolute atomic E-state index is 10.4. The average molecular weight is 190 g/mol. The van der Waals surface area contributed by atoms with E-state index >= 15 is 0 Å². The minimum atomic E-state index is -2.22. The zero-order chi connectivity index (χ0) is 7.84. The van der Waals surface area contributed by atoms with Gasteiger partial charge in [0, 0.05) is 0 Å². The quantitative estimate of drug-likeness (QED) is 0.569. The van der Waals surface area contributed by atoms with E-state index < -0.39 is 10.3 Å². The molecule has 2 heterocycles. The summed E-state index contributed by atoms with van der Waals surface area (Å²) in [5, 5.41) is 9.77. The lowest BCUT2D eigenvalue weighted by molar-refractivity contribution is 0.624. The van der Waals surface area contributed by atoms with Crippen LogP contribution in [0.1, 0.15) is 0 Å². The Morgan fingerprint density at radius 1 is 1.64 bits per heavy atom. The SMILES string of the molecule is O=S(=O)=c1[nH]n2cnnc2s1. The van der Waals surface area contributed by atoms with Crippen LogP contribution < -0.4 is 0 Å². The number of nitrogens with one attached hydrogen (secondary N) is 1. The monoisotopic (exact) mass is 190 g/mol. The largest absolute Gasteiger partial charge is 0.268 e. The number of fused-ring (bicyclic) bond motifs is 1. The molecule has 0 bridgehead atoms. The van der Waals surface area contributed by atoms with Crippen LogP contribution in [0.15, 0.2) is 6.33 Å². The Labute approximate surface area is 65.6 Å². The van der Waals surface area contributed by atoms with Gasteiger partial charge in [0.1, 0.15) is 6.33 Å². The molecule has 6 nitrogen and oxygen atoms in total. The Morgan fingerprint density at radius 2 is 2.45 bits per heavy atom. The van der Waals surface area contributed by atoms with Crippen LogP contribution in [0.5, 0.6) is 0 Å². The molecule has 0 aliphatic carbocycles. The molecule has 0 saturated heterocycles. The first-order valence-corrected chi connectivity index (χ1v) is 4.47. The smallest absolute Gasteiger partial charge is 0.250 e. The van der Waals surface area contributed by atoms with E-state index in [1.165, 1.54) is 10.8 Å². The number of H-pyrrole nitrogens is 1.